The highest BCUT2D eigenvalue weighted by Crippen LogP contribution is 2.30. The number of amides is 2. The van der Waals surface area contributed by atoms with Crippen LogP contribution < -0.4 is 11.1 Å². The molecule has 2 saturated carbocycles. The number of piperidine rings is 1. The number of amidine groups is 1. The number of benzene rings is 1. The van der Waals surface area contributed by atoms with E-state index in [9.17, 15) is 9.59 Å². The lowest BCUT2D eigenvalue weighted by atomic mass is 9.86. The van der Waals surface area contributed by atoms with Crippen molar-refractivity contribution in [3.63, 3.8) is 0 Å². The molecule has 4 rings (SSSR count). The molecule has 0 radical (unpaired) electrons. The standard InChI is InChI=1S/C26H38N4O3/c27-24(28)20-8-6-18(7-9-20)19-14-16-30(17-15-19)26(32)29-22-12-10-21(11-13-22)25(31)33-23-4-2-1-3-5-23/h6-9,19,21-23H,1-5,10-17H2,(H3,27,28)(H,29,32). The van der Waals surface area contributed by atoms with Gasteiger partial charge in [0, 0.05) is 24.7 Å². The van der Waals surface area contributed by atoms with Crippen LogP contribution in [0.25, 0.3) is 0 Å². The summed E-state index contributed by atoms with van der Waals surface area (Å²) in [7, 11) is 0. The van der Waals surface area contributed by atoms with Gasteiger partial charge in [0.05, 0.1) is 5.92 Å². The number of rotatable bonds is 5. The molecule has 0 spiro atoms. The predicted molar refractivity (Wildman–Crippen MR) is 128 cm³/mol. The van der Waals surface area contributed by atoms with Crippen LogP contribution in [0.4, 0.5) is 4.79 Å². The number of nitrogens with zero attached hydrogens (tertiary/aromatic N) is 1. The summed E-state index contributed by atoms with van der Waals surface area (Å²) < 4.78 is 5.76. The summed E-state index contributed by atoms with van der Waals surface area (Å²) in [6.07, 6.45) is 10.9. The van der Waals surface area contributed by atoms with Crippen molar-refractivity contribution in [2.75, 3.05) is 13.1 Å². The summed E-state index contributed by atoms with van der Waals surface area (Å²) in [4.78, 5) is 27.2. The zero-order valence-corrected chi connectivity index (χ0v) is 19.6. The number of urea groups is 1. The lowest BCUT2D eigenvalue weighted by molar-refractivity contribution is -0.156. The van der Waals surface area contributed by atoms with E-state index in [0.717, 1.165) is 70.0 Å². The van der Waals surface area contributed by atoms with E-state index in [0.29, 0.717) is 5.92 Å². The summed E-state index contributed by atoms with van der Waals surface area (Å²) in [5.41, 5.74) is 7.53. The molecule has 1 aromatic rings. The van der Waals surface area contributed by atoms with Gasteiger partial charge < -0.3 is 20.7 Å². The molecule has 1 aliphatic heterocycles. The zero-order chi connectivity index (χ0) is 23.2. The van der Waals surface area contributed by atoms with Gasteiger partial charge in [-0.15, -0.1) is 0 Å². The maximum Gasteiger partial charge on any atom is 0.317 e. The second kappa shape index (κ2) is 11.0. The van der Waals surface area contributed by atoms with Crippen LogP contribution in [-0.4, -0.2) is 48.0 Å². The van der Waals surface area contributed by atoms with Crippen molar-refractivity contribution in [1.29, 1.82) is 5.41 Å². The van der Waals surface area contributed by atoms with Crippen LogP contribution in [0.2, 0.25) is 0 Å². The molecular formula is C26H38N4O3. The minimum Gasteiger partial charge on any atom is -0.462 e. The van der Waals surface area contributed by atoms with Gasteiger partial charge in [-0.25, -0.2) is 4.79 Å². The number of carbonyl (C=O) groups excluding carboxylic acids is 2. The van der Waals surface area contributed by atoms with Gasteiger partial charge >= 0.3 is 12.0 Å². The van der Waals surface area contributed by atoms with Crippen molar-refractivity contribution in [2.24, 2.45) is 11.7 Å². The number of carbonyl (C=O) groups is 2. The van der Waals surface area contributed by atoms with Gasteiger partial charge in [-0.1, -0.05) is 30.7 Å². The molecule has 3 fully saturated rings. The average Bonchev–Trinajstić information content (AvgIpc) is 2.85. The van der Waals surface area contributed by atoms with Crippen molar-refractivity contribution in [3.05, 3.63) is 35.4 Å². The molecule has 2 amide bonds. The van der Waals surface area contributed by atoms with Gasteiger partial charge in [-0.3, -0.25) is 10.2 Å². The number of hydrogen-bond acceptors (Lipinski definition) is 4. The molecule has 4 N–H and O–H groups in total. The Hall–Kier alpha value is -2.57. The minimum absolute atomic E-state index is 0.00906. The smallest absolute Gasteiger partial charge is 0.317 e. The molecule has 7 heteroatoms. The van der Waals surface area contributed by atoms with Crippen molar-refractivity contribution in [2.45, 2.75) is 88.7 Å². The first-order valence-corrected chi connectivity index (χ1v) is 12.7. The molecule has 180 valence electrons. The van der Waals surface area contributed by atoms with Crippen LogP contribution >= 0.6 is 0 Å². The van der Waals surface area contributed by atoms with E-state index in [1.165, 1.54) is 24.8 Å². The van der Waals surface area contributed by atoms with E-state index < -0.39 is 0 Å². The highest BCUT2D eigenvalue weighted by atomic mass is 16.5. The van der Waals surface area contributed by atoms with E-state index in [-0.39, 0.29) is 35.9 Å². The Morgan fingerprint density at radius 2 is 1.55 bits per heavy atom. The summed E-state index contributed by atoms with van der Waals surface area (Å²) in [6, 6.07) is 8.07. The Morgan fingerprint density at radius 1 is 0.909 bits per heavy atom. The third-order valence-electron chi connectivity index (χ3n) is 7.70. The van der Waals surface area contributed by atoms with E-state index in [1.807, 2.05) is 17.0 Å². The largest absolute Gasteiger partial charge is 0.462 e. The van der Waals surface area contributed by atoms with Crippen molar-refractivity contribution in [3.8, 4) is 0 Å². The minimum atomic E-state index is -0.0231. The molecule has 1 heterocycles. The lowest BCUT2D eigenvalue weighted by Gasteiger charge is -2.35. The number of esters is 1. The number of hydrogen-bond donors (Lipinski definition) is 3. The fourth-order valence-corrected chi connectivity index (χ4v) is 5.53. The van der Waals surface area contributed by atoms with Crippen LogP contribution in [0.5, 0.6) is 0 Å². The van der Waals surface area contributed by atoms with Gasteiger partial charge in [-0.05, 0) is 75.7 Å². The first kappa shape index (κ1) is 23.6. The number of nitrogens with two attached hydrogens (primary N) is 1. The van der Waals surface area contributed by atoms with Gasteiger partial charge in [0.1, 0.15) is 11.9 Å². The molecule has 0 bridgehead atoms. The topological polar surface area (TPSA) is 109 Å². The SMILES string of the molecule is N=C(N)c1ccc(C2CCN(C(=O)NC3CCC(C(=O)OC4CCCCC4)CC3)CC2)cc1. The second-order valence-corrected chi connectivity index (χ2v) is 9.99. The molecule has 2 aliphatic carbocycles. The molecule has 0 unspecified atom stereocenters. The molecular weight excluding hydrogens is 416 g/mol. The highest BCUT2D eigenvalue weighted by molar-refractivity contribution is 5.94. The Labute approximate surface area is 196 Å². The maximum absolute atomic E-state index is 12.8. The first-order valence-electron chi connectivity index (χ1n) is 12.7. The molecule has 1 aromatic carbocycles. The maximum atomic E-state index is 12.8. The number of nitrogen functional groups attached to an aromatic ring is 1. The highest BCUT2D eigenvalue weighted by Gasteiger charge is 2.31. The van der Waals surface area contributed by atoms with Crippen molar-refractivity contribution >= 4 is 17.8 Å². The summed E-state index contributed by atoms with van der Waals surface area (Å²) in [5, 5.41) is 10.7. The molecule has 33 heavy (non-hydrogen) atoms. The van der Waals surface area contributed by atoms with Gasteiger partial charge in [0.2, 0.25) is 0 Å². The van der Waals surface area contributed by atoms with Crippen molar-refractivity contribution < 1.29 is 14.3 Å². The van der Waals surface area contributed by atoms with Crippen LogP contribution in [0, 0.1) is 11.3 Å². The molecule has 0 atom stereocenters. The first-order chi connectivity index (χ1) is 16.0. The Morgan fingerprint density at radius 3 is 2.15 bits per heavy atom. The lowest BCUT2D eigenvalue weighted by Crippen LogP contribution is -2.48. The molecule has 0 aromatic heterocycles. The Bertz CT molecular complexity index is 818. The van der Waals surface area contributed by atoms with Crippen LogP contribution in [0.1, 0.15) is 87.7 Å². The van der Waals surface area contributed by atoms with Gasteiger partial charge in [-0.2, -0.15) is 0 Å². The van der Waals surface area contributed by atoms with Crippen molar-refractivity contribution in [1.82, 2.24) is 10.2 Å². The molecule has 1 saturated heterocycles. The van der Waals surface area contributed by atoms with E-state index in [4.69, 9.17) is 15.9 Å². The number of nitrogens with one attached hydrogen (secondary N) is 2. The monoisotopic (exact) mass is 454 g/mol. The third-order valence-corrected chi connectivity index (χ3v) is 7.70. The Balaban J connectivity index is 1.17. The van der Waals surface area contributed by atoms with Crippen LogP contribution in [0.15, 0.2) is 24.3 Å². The van der Waals surface area contributed by atoms with E-state index in [1.54, 1.807) is 0 Å². The van der Waals surface area contributed by atoms with E-state index in [2.05, 4.69) is 17.4 Å². The van der Waals surface area contributed by atoms with E-state index >= 15 is 0 Å². The second-order valence-electron chi connectivity index (χ2n) is 9.99. The summed E-state index contributed by atoms with van der Waals surface area (Å²) >= 11 is 0. The predicted octanol–water partition coefficient (Wildman–Crippen LogP) is 4.29. The van der Waals surface area contributed by atoms with Crippen LogP contribution in [-0.2, 0) is 9.53 Å². The zero-order valence-electron chi connectivity index (χ0n) is 19.6. The number of ether oxygens (including phenoxy) is 1. The van der Waals surface area contributed by atoms with Gasteiger partial charge in [0.25, 0.3) is 0 Å². The summed E-state index contributed by atoms with van der Waals surface area (Å²) in [6.45, 7) is 1.49. The average molecular weight is 455 g/mol. The van der Waals surface area contributed by atoms with Gasteiger partial charge in [0.15, 0.2) is 0 Å². The fraction of sp³-hybridized carbons (Fsp3) is 0.654. The third kappa shape index (κ3) is 6.27. The number of likely N-dealkylation sites (tertiary alicyclic amines) is 1. The molecule has 3 aliphatic rings. The fourth-order valence-electron chi connectivity index (χ4n) is 5.53. The normalized spacial score (nSPS) is 24.8. The molecule has 7 nitrogen and oxygen atoms in total. The van der Waals surface area contributed by atoms with Crippen LogP contribution in [0.3, 0.4) is 0 Å². The summed E-state index contributed by atoms with van der Waals surface area (Å²) in [5.74, 6) is 0.485. The Kier molecular flexibility index (Phi) is 7.89. The quantitative estimate of drug-likeness (QED) is 0.350.